The van der Waals surface area contributed by atoms with Crippen LogP contribution in [0.1, 0.15) is 26.6 Å². The van der Waals surface area contributed by atoms with E-state index in [4.69, 9.17) is 0 Å². The summed E-state index contributed by atoms with van der Waals surface area (Å²) in [5, 5.41) is 4.47. The molecule has 3 heteroatoms. The summed E-state index contributed by atoms with van der Waals surface area (Å²) in [6, 6.07) is 4.36. The highest BCUT2D eigenvalue weighted by molar-refractivity contribution is 7.12. The first kappa shape index (κ1) is 12.8. The molecule has 0 aliphatic rings. The van der Waals surface area contributed by atoms with Crippen molar-refractivity contribution in [1.82, 2.24) is 4.98 Å². The van der Waals surface area contributed by atoms with Gasteiger partial charge in [0, 0.05) is 11.9 Å². The van der Waals surface area contributed by atoms with Gasteiger partial charge in [-0.05, 0) is 38.8 Å². The van der Waals surface area contributed by atoms with Crippen LogP contribution in [-0.2, 0) is 0 Å². The third kappa shape index (κ3) is 2.62. The summed E-state index contributed by atoms with van der Waals surface area (Å²) in [6.07, 6.45) is 1.87. The Bertz CT molecular complexity index is 573. The van der Waals surface area contributed by atoms with E-state index < -0.39 is 0 Å². The summed E-state index contributed by atoms with van der Waals surface area (Å²) in [5.41, 5.74) is 5.84. The lowest BCUT2D eigenvalue weighted by molar-refractivity contribution is 1.29. The Hall–Kier alpha value is -1.61. The predicted molar refractivity (Wildman–Crippen MR) is 80.2 cm³/mol. The summed E-state index contributed by atoms with van der Waals surface area (Å²) >= 11 is 1.66. The molecule has 0 unspecified atom stereocenters. The van der Waals surface area contributed by atoms with E-state index in [-0.39, 0.29) is 0 Å². The number of anilines is 1. The van der Waals surface area contributed by atoms with E-state index in [1.807, 2.05) is 13.1 Å². The van der Waals surface area contributed by atoms with Crippen molar-refractivity contribution < 1.29 is 0 Å². The van der Waals surface area contributed by atoms with Crippen molar-refractivity contribution in [2.75, 3.05) is 5.32 Å². The largest absolute Gasteiger partial charge is 0.354 e. The van der Waals surface area contributed by atoms with Gasteiger partial charge in [-0.1, -0.05) is 24.3 Å². The van der Waals surface area contributed by atoms with Gasteiger partial charge in [0.25, 0.3) is 0 Å². The molecule has 1 N–H and O–H groups in total. The van der Waals surface area contributed by atoms with Crippen LogP contribution in [0.3, 0.4) is 0 Å². The van der Waals surface area contributed by atoms with Crippen LogP contribution in [0.4, 0.5) is 5.69 Å². The summed E-state index contributed by atoms with van der Waals surface area (Å²) in [5.74, 6) is 0. The summed E-state index contributed by atoms with van der Waals surface area (Å²) in [7, 11) is 0. The minimum atomic E-state index is 0.913. The maximum atomic E-state index is 4.26. The molecule has 0 fully saturated rings. The van der Waals surface area contributed by atoms with Crippen LogP contribution >= 0.6 is 11.3 Å². The lowest BCUT2D eigenvalue weighted by atomic mass is 10.0. The normalized spacial score (nSPS) is 10.4. The lowest BCUT2D eigenvalue weighted by Crippen LogP contribution is -2.00. The molecular weight excluding hydrogens is 240 g/mol. The molecule has 2 rings (SSSR count). The number of hydrogen-bond donors (Lipinski definition) is 1. The van der Waals surface area contributed by atoms with Crippen molar-refractivity contribution in [2.45, 2.75) is 27.7 Å². The van der Waals surface area contributed by atoms with Crippen molar-refractivity contribution >= 4 is 22.7 Å². The molecule has 94 valence electrons. The van der Waals surface area contributed by atoms with Crippen LogP contribution in [0.25, 0.3) is 5.70 Å². The van der Waals surface area contributed by atoms with Crippen LogP contribution in [0, 0.1) is 27.7 Å². The quantitative estimate of drug-likeness (QED) is 0.879. The van der Waals surface area contributed by atoms with Gasteiger partial charge in [-0.15, -0.1) is 11.3 Å². The Morgan fingerprint density at radius 2 is 1.78 bits per heavy atom. The highest BCUT2D eigenvalue weighted by Crippen LogP contribution is 2.27. The first-order chi connectivity index (χ1) is 8.47. The van der Waals surface area contributed by atoms with Gasteiger partial charge in [-0.2, -0.15) is 0 Å². The Balaban J connectivity index is 2.27. The minimum Gasteiger partial charge on any atom is -0.354 e. The van der Waals surface area contributed by atoms with Gasteiger partial charge in [0.2, 0.25) is 0 Å². The standard InChI is InChI=1S/C15H18N2S/c1-9-6-10(2)15(11(3)7-9)17-12(4)14-8-16-13(5)18-14/h6-8,17H,4H2,1-3,5H3. The fourth-order valence-electron chi connectivity index (χ4n) is 2.09. The third-order valence-electron chi connectivity index (χ3n) is 2.87. The second kappa shape index (κ2) is 4.94. The molecule has 1 heterocycles. The van der Waals surface area contributed by atoms with E-state index in [0.717, 1.165) is 21.3 Å². The SMILES string of the molecule is C=C(Nc1c(C)cc(C)cc1C)c1cnc(C)s1. The topological polar surface area (TPSA) is 24.9 Å². The molecule has 0 amide bonds. The average Bonchev–Trinajstić information content (AvgIpc) is 2.70. The van der Waals surface area contributed by atoms with Gasteiger partial charge in [-0.3, -0.25) is 0 Å². The van der Waals surface area contributed by atoms with Gasteiger partial charge in [0.15, 0.2) is 0 Å². The molecule has 0 bridgehead atoms. The maximum absolute atomic E-state index is 4.26. The highest BCUT2D eigenvalue weighted by Gasteiger charge is 2.07. The van der Waals surface area contributed by atoms with E-state index in [2.05, 4.69) is 49.8 Å². The van der Waals surface area contributed by atoms with E-state index in [9.17, 15) is 0 Å². The summed E-state index contributed by atoms with van der Waals surface area (Å²) in [4.78, 5) is 5.35. The van der Waals surface area contributed by atoms with Gasteiger partial charge >= 0.3 is 0 Å². The van der Waals surface area contributed by atoms with Crippen LogP contribution < -0.4 is 5.32 Å². The molecule has 0 saturated heterocycles. The number of aromatic nitrogens is 1. The number of aryl methyl sites for hydroxylation is 4. The zero-order valence-corrected chi connectivity index (χ0v) is 12.1. The van der Waals surface area contributed by atoms with Crippen LogP contribution in [0.2, 0.25) is 0 Å². The Kier molecular flexibility index (Phi) is 3.53. The summed E-state index contributed by atoms with van der Waals surface area (Å²) in [6.45, 7) is 12.5. The average molecular weight is 258 g/mol. The highest BCUT2D eigenvalue weighted by atomic mass is 32.1. The first-order valence-electron chi connectivity index (χ1n) is 5.94. The number of hydrogen-bond acceptors (Lipinski definition) is 3. The van der Waals surface area contributed by atoms with E-state index >= 15 is 0 Å². The van der Waals surface area contributed by atoms with Crippen molar-refractivity contribution in [2.24, 2.45) is 0 Å². The molecule has 2 nitrogen and oxygen atoms in total. The zero-order valence-electron chi connectivity index (χ0n) is 11.3. The molecule has 0 aliphatic heterocycles. The number of nitrogens with one attached hydrogen (secondary N) is 1. The predicted octanol–water partition coefficient (Wildman–Crippen LogP) is 4.46. The van der Waals surface area contributed by atoms with Crippen molar-refractivity contribution in [3.05, 3.63) is 51.5 Å². The zero-order chi connectivity index (χ0) is 13.3. The van der Waals surface area contributed by atoms with Crippen LogP contribution in [0.5, 0.6) is 0 Å². The Labute approximate surface area is 112 Å². The maximum Gasteiger partial charge on any atom is 0.0901 e. The van der Waals surface area contributed by atoms with Gasteiger partial charge in [-0.25, -0.2) is 4.98 Å². The molecule has 0 aliphatic carbocycles. The molecule has 2 aromatic rings. The van der Waals surface area contributed by atoms with Gasteiger partial charge in [0.1, 0.15) is 0 Å². The Morgan fingerprint density at radius 3 is 2.28 bits per heavy atom. The number of nitrogens with zero attached hydrogens (tertiary/aromatic N) is 1. The smallest absolute Gasteiger partial charge is 0.0901 e. The lowest BCUT2D eigenvalue weighted by Gasteiger charge is -2.14. The fourth-order valence-corrected chi connectivity index (χ4v) is 2.79. The first-order valence-corrected chi connectivity index (χ1v) is 6.75. The molecule has 0 atom stereocenters. The second-order valence-corrected chi connectivity index (χ2v) is 5.86. The van der Waals surface area contributed by atoms with Crippen LogP contribution in [-0.4, -0.2) is 4.98 Å². The monoisotopic (exact) mass is 258 g/mol. The van der Waals surface area contributed by atoms with Crippen molar-refractivity contribution in [1.29, 1.82) is 0 Å². The molecule has 18 heavy (non-hydrogen) atoms. The second-order valence-electron chi connectivity index (χ2n) is 4.62. The molecule has 0 spiro atoms. The minimum absolute atomic E-state index is 0.913. The Morgan fingerprint density at radius 1 is 1.17 bits per heavy atom. The summed E-state index contributed by atoms with van der Waals surface area (Å²) < 4.78 is 0. The third-order valence-corrected chi connectivity index (χ3v) is 3.84. The molecule has 0 radical (unpaired) electrons. The number of rotatable bonds is 3. The molecular formula is C15H18N2S. The molecule has 1 aromatic carbocycles. The van der Waals surface area contributed by atoms with Crippen molar-refractivity contribution in [3.63, 3.8) is 0 Å². The van der Waals surface area contributed by atoms with Gasteiger partial charge in [0.05, 0.1) is 15.6 Å². The van der Waals surface area contributed by atoms with E-state index in [1.54, 1.807) is 11.3 Å². The number of thiazole rings is 1. The fraction of sp³-hybridized carbons (Fsp3) is 0.267. The molecule has 1 aromatic heterocycles. The molecule has 0 saturated carbocycles. The van der Waals surface area contributed by atoms with Crippen LogP contribution in [0.15, 0.2) is 24.9 Å². The number of benzene rings is 1. The van der Waals surface area contributed by atoms with Crippen molar-refractivity contribution in [3.8, 4) is 0 Å². The van der Waals surface area contributed by atoms with E-state index in [0.29, 0.717) is 0 Å². The van der Waals surface area contributed by atoms with Gasteiger partial charge < -0.3 is 5.32 Å². The van der Waals surface area contributed by atoms with E-state index in [1.165, 1.54) is 16.7 Å².